The van der Waals surface area contributed by atoms with Gasteiger partial charge in [0.05, 0.1) is 4.88 Å². The number of aliphatic hydroxyl groups is 1. The Balaban J connectivity index is 2.31. The van der Waals surface area contributed by atoms with Crippen molar-refractivity contribution in [3.8, 4) is 0 Å². The third-order valence-corrected chi connectivity index (χ3v) is 4.93. The van der Waals surface area contributed by atoms with Crippen molar-refractivity contribution in [1.82, 2.24) is 5.32 Å². The molecule has 1 atom stereocenters. The number of carbonyl (C=O) groups excluding carboxylic acids is 1. The van der Waals surface area contributed by atoms with Crippen molar-refractivity contribution in [2.45, 2.75) is 33.2 Å². The molecule has 0 bridgehead atoms. The summed E-state index contributed by atoms with van der Waals surface area (Å²) < 4.78 is 14.7. The molecule has 0 aliphatic heterocycles. The number of benzene rings is 1. The van der Waals surface area contributed by atoms with Crippen LogP contribution in [0.2, 0.25) is 0 Å². The summed E-state index contributed by atoms with van der Waals surface area (Å²) >= 11 is 1.30. The molecule has 1 aromatic carbocycles. The molecule has 0 radical (unpaired) electrons. The van der Waals surface area contributed by atoms with Crippen molar-refractivity contribution in [2.24, 2.45) is 5.92 Å². The van der Waals surface area contributed by atoms with Gasteiger partial charge >= 0.3 is 0 Å². The van der Waals surface area contributed by atoms with Crippen LogP contribution in [0.15, 0.2) is 18.2 Å². The van der Waals surface area contributed by atoms with Crippen LogP contribution < -0.4 is 5.32 Å². The van der Waals surface area contributed by atoms with Crippen molar-refractivity contribution in [3.05, 3.63) is 34.5 Å². The third-order valence-electron chi connectivity index (χ3n) is 3.67. The predicted octanol–water partition coefficient (Wildman–Crippen LogP) is 3.49. The average Bonchev–Trinajstić information content (AvgIpc) is 2.77. The molecule has 1 aromatic heterocycles. The second-order valence-corrected chi connectivity index (χ2v) is 6.56. The van der Waals surface area contributed by atoms with E-state index in [9.17, 15) is 9.18 Å². The molecule has 21 heavy (non-hydrogen) atoms. The molecular weight excluding hydrogens is 289 g/mol. The normalized spacial score (nSPS) is 12.9. The molecule has 0 fully saturated rings. The fourth-order valence-corrected chi connectivity index (χ4v) is 3.54. The van der Waals surface area contributed by atoms with Gasteiger partial charge in [0, 0.05) is 22.7 Å². The summed E-state index contributed by atoms with van der Waals surface area (Å²) in [7, 11) is 0. The molecule has 3 nitrogen and oxygen atoms in total. The minimum absolute atomic E-state index is 0.0309. The maximum atomic E-state index is 13.9. The molecule has 0 aliphatic carbocycles. The minimum atomic E-state index is -0.295. The van der Waals surface area contributed by atoms with Crippen molar-refractivity contribution in [2.75, 3.05) is 6.61 Å². The van der Waals surface area contributed by atoms with Gasteiger partial charge in [-0.2, -0.15) is 0 Å². The second-order valence-electron chi connectivity index (χ2n) is 5.51. The van der Waals surface area contributed by atoms with E-state index in [2.05, 4.69) is 5.32 Å². The van der Waals surface area contributed by atoms with Crippen LogP contribution in [0.25, 0.3) is 10.1 Å². The van der Waals surface area contributed by atoms with Gasteiger partial charge in [-0.25, -0.2) is 4.39 Å². The van der Waals surface area contributed by atoms with E-state index in [0.29, 0.717) is 22.2 Å². The maximum Gasteiger partial charge on any atom is 0.261 e. The molecule has 114 valence electrons. The minimum Gasteiger partial charge on any atom is -0.396 e. The molecule has 0 aliphatic rings. The van der Waals surface area contributed by atoms with Gasteiger partial charge in [0.2, 0.25) is 0 Å². The number of rotatable bonds is 5. The number of halogens is 1. The van der Waals surface area contributed by atoms with Gasteiger partial charge in [0.15, 0.2) is 0 Å². The lowest BCUT2D eigenvalue weighted by Gasteiger charge is -2.21. The molecule has 5 heteroatoms. The van der Waals surface area contributed by atoms with E-state index < -0.39 is 0 Å². The summed E-state index contributed by atoms with van der Waals surface area (Å²) in [5.74, 6) is -0.260. The number of carbonyl (C=O) groups is 1. The summed E-state index contributed by atoms with van der Waals surface area (Å²) in [5.41, 5.74) is 0.678. The molecular formula is C16H20FNO2S. The van der Waals surface area contributed by atoms with Crippen LogP contribution in [0.5, 0.6) is 0 Å². The highest BCUT2D eigenvalue weighted by atomic mass is 32.1. The zero-order valence-corrected chi connectivity index (χ0v) is 13.3. The van der Waals surface area contributed by atoms with Gasteiger partial charge in [-0.3, -0.25) is 4.79 Å². The number of thiophene rings is 1. The van der Waals surface area contributed by atoms with Crippen molar-refractivity contribution < 1.29 is 14.3 Å². The van der Waals surface area contributed by atoms with E-state index in [1.165, 1.54) is 17.4 Å². The van der Waals surface area contributed by atoms with E-state index in [1.807, 2.05) is 19.9 Å². The van der Waals surface area contributed by atoms with Crippen LogP contribution in [-0.2, 0) is 0 Å². The molecule has 2 N–H and O–H groups in total. The highest BCUT2D eigenvalue weighted by molar-refractivity contribution is 7.21. The number of nitrogens with one attached hydrogen (secondary N) is 1. The summed E-state index contributed by atoms with van der Waals surface area (Å²) in [4.78, 5) is 13.0. The molecule has 1 heterocycles. The summed E-state index contributed by atoms with van der Waals surface area (Å²) in [6.45, 7) is 5.80. The van der Waals surface area contributed by atoms with Gasteiger partial charge in [-0.1, -0.05) is 19.9 Å². The van der Waals surface area contributed by atoms with Crippen LogP contribution in [0.3, 0.4) is 0 Å². The Morgan fingerprint density at radius 2 is 2.14 bits per heavy atom. The number of amides is 1. The SMILES string of the molecule is Cc1c(C(=O)NC(CCO)C(C)C)sc2cccc(F)c12. The van der Waals surface area contributed by atoms with Gasteiger partial charge in [0.25, 0.3) is 5.91 Å². The lowest BCUT2D eigenvalue weighted by atomic mass is 10.0. The Kier molecular flexibility index (Phi) is 4.96. The van der Waals surface area contributed by atoms with Gasteiger partial charge in [0.1, 0.15) is 5.82 Å². The van der Waals surface area contributed by atoms with Crippen LogP contribution in [0.1, 0.15) is 35.5 Å². The number of hydrogen-bond acceptors (Lipinski definition) is 3. The Morgan fingerprint density at radius 1 is 1.43 bits per heavy atom. The van der Waals surface area contributed by atoms with Crippen molar-refractivity contribution in [3.63, 3.8) is 0 Å². The Hall–Kier alpha value is -1.46. The Bertz CT molecular complexity index is 651. The quantitative estimate of drug-likeness (QED) is 0.888. The zero-order chi connectivity index (χ0) is 15.6. The topological polar surface area (TPSA) is 49.3 Å². The van der Waals surface area contributed by atoms with Crippen LogP contribution in [-0.4, -0.2) is 23.7 Å². The van der Waals surface area contributed by atoms with E-state index >= 15 is 0 Å². The molecule has 1 amide bonds. The van der Waals surface area contributed by atoms with E-state index in [1.54, 1.807) is 13.0 Å². The smallest absolute Gasteiger partial charge is 0.261 e. The zero-order valence-electron chi connectivity index (χ0n) is 12.4. The maximum absolute atomic E-state index is 13.9. The van der Waals surface area contributed by atoms with E-state index in [4.69, 9.17) is 5.11 Å². The van der Waals surface area contributed by atoms with Crippen molar-refractivity contribution >= 4 is 27.3 Å². The lowest BCUT2D eigenvalue weighted by Crippen LogP contribution is -2.39. The predicted molar refractivity (Wildman–Crippen MR) is 84.3 cm³/mol. The van der Waals surface area contributed by atoms with Crippen LogP contribution in [0.4, 0.5) is 4.39 Å². The molecule has 0 saturated carbocycles. The fraction of sp³-hybridized carbons (Fsp3) is 0.438. The first-order valence-corrected chi connectivity index (χ1v) is 7.86. The Labute approximate surface area is 127 Å². The summed E-state index contributed by atoms with van der Waals surface area (Å²) in [6.07, 6.45) is 0.516. The first kappa shape index (κ1) is 15.9. The van der Waals surface area contributed by atoms with Gasteiger partial charge < -0.3 is 10.4 Å². The monoisotopic (exact) mass is 309 g/mol. The van der Waals surface area contributed by atoms with E-state index in [0.717, 1.165) is 4.70 Å². The van der Waals surface area contributed by atoms with Crippen LogP contribution in [0, 0.1) is 18.7 Å². The third kappa shape index (κ3) is 3.24. The number of fused-ring (bicyclic) bond motifs is 1. The highest BCUT2D eigenvalue weighted by Gasteiger charge is 2.21. The second kappa shape index (κ2) is 6.54. The molecule has 2 aromatic rings. The Morgan fingerprint density at radius 3 is 2.71 bits per heavy atom. The summed E-state index contributed by atoms with van der Waals surface area (Å²) in [5, 5.41) is 12.5. The highest BCUT2D eigenvalue weighted by Crippen LogP contribution is 2.32. The number of aliphatic hydroxyl groups excluding tert-OH is 1. The van der Waals surface area contributed by atoms with E-state index in [-0.39, 0.29) is 30.3 Å². The number of hydrogen-bond donors (Lipinski definition) is 2. The van der Waals surface area contributed by atoms with Crippen LogP contribution >= 0.6 is 11.3 Å². The standard InChI is InChI=1S/C16H20FNO2S/c1-9(2)12(7-8-19)18-16(20)15-10(3)14-11(17)5-4-6-13(14)21-15/h4-6,9,12,19H,7-8H2,1-3H3,(H,18,20). The van der Waals surface area contributed by atoms with Crippen molar-refractivity contribution in [1.29, 1.82) is 0 Å². The lowest BCUT2D eigenvalue weighted by molar-refractivity contribution is 0.0920. The first-order chi connectivity index (χ1) is 9.95. The summed E-state index contributed by atoms with van der Waals surface area (Å²) in [6, 6.07) is 4.79. The molecule has 0 spiro atoms. The molecule has 1 unspecified atom stereocenters. The molecule has 2 rings (SSSR count). The average molecular weight is 309 g/mol. The molecule has 0 saturated heterocycles. The first-order valence-electron chi connectivity index (χ1n) is 7.05. The number of aryl methyl sites for hydroxylation is 1. The fourth-order valence-electron chi connectivity index (χ4n) is 2.42. The largest absolute Gasteiger partial charge is 0.396 e. The van der Waals surface area contributed by atoms with Gasteiger partial charge in [-0.15, -0.1) is 11.3 Å². The van der Waals surface area contributed by atoms with Gasteiger partial charge in [-0.05, 0) is 37.0 Å².